The zero-order chi connectivity index (χ0) is 54.6. The molecule has 8 rings (SSSR count). The SMILES string of the molecule is Cc1ccc(Nc2ncc(-c3ccc(OC(F)F)cc3)cn2)cc1N.Cc1ccc(Nc2ncc(-c3ccc(OC(F)F)cc3)cn2)cc1NC(=O)c1ccc(F)nc1.O=C(O)c1ccc(F)nc1.[B]B([B])B([B])[B]. The van der Waals surface area contributed by atoms with Crippen molar-refractivity contribution in [1.82, 2.24) is 29.9 Å². The van der Waals surface area contributed by atoms with Crippen molar-refractivity contribution < 1.29 is 50.5 Å². The molecule has 4 aromatic heterocycles. The number of alkyl halides is 4. The zero-order valence-electron chi connectivity index (χ0n) is 39.6. The maximum absolute atomic E-state index is 13.0. The van der Waals surface area contributed by atoms with Gasteiger partial charge in [-0.2, -0.15) is 26.3 Å². The second-order valence-electron chi connectivity index (χ2n) is 15.4. The molecule has 0 fully saturated rings. The summed E-state index contributed by atoms with van der Waals surface area (Å²) in [5, 5.41) is 17.2. The third-order valence-corrected chi connectivity index (χ3v) is 9.81. The summed E-state index contributed by atoms with van der Waals surface area (Å²) in [6.07, 6.45) is 7.43. The Bertz CT molecular complexity index is 3090. The van der Waals surface area contributed by atoms with Gasteiger partial charge in [-0.25, -0.2) is 34.7 Å². The van der Waals surface area contributed by atoms with Gasteiger partial charge in [-0.3, -0.25) is 4.79 Å². The van der Waals surface area contributed by atoms with E-state index in [1.54, 1.807) is 55.1 Å². The number of aromatic carboxylic acids is 1. The molecule has 0 aliphatic rings. The number of pyridine rings is 2. The van der Waals surface area contributed by atoms with Gasteiger partial charge in [-0.05, 0) is 109 Å². The second kappa shape index (κ2) is 27.9. The summed E-state index contributed by atoms with van der Waals surface area (Å²) in [6, 6.07) is 28.0. The van der Waals surface area contributed by atoms with Gasteiger partial charge in [0.15, 0.2) is 0 Å². The number of carboxylic acids is 1. The highest BCUT2D eigenvalue weighted by molar-refractivity contribution is 7.76. The Hall–Kier alpha value is -8.75. The highest BCUT2D eigenvalue weighted by Gasteiger charge is 2.12. The Balaban J connectivity index is 0.000000220. The van der Waals surface area contributed by atoms with Crippen molar-refractivity contribution in [3.63, 3.8) is 0 Å². The minimum absolute atomic E-state index is 0.0126. The van der Waals surface area contributed by atoms with Crippen LogP contribution in [0.15, 0.2) is 146 Å². The molecule has 0 unspecified atom stereocenters. The fraction of sp³-hybridized carbons (Fsp3) is 0.0833. The average Bonchev–Trinajstić information content (AvgIpc) is 3.38. The van der Waals surface area contributed by atoms with Crippen LogP contribution < -0.4 is 31.2 Å². The van der Waals surface area contributed by atoms with Gasteiger partial charge in [0.2, 0.25) is 23.8 Å². The third-order valence-electron chi connectivity index (χ3n) is 9.81. The Labute approximate surface area is 432 Å². The first-order valence-corrected chi connectivity index (χ1v) is 21.8. The smallest absolute Gasteiger partial charge is 0.387 e. The number of aryl methyl sites for hydroxylation is 2. The van der Waals surface area contributed by atoms with E-state index in [2.05, 4.69) is 55.3 Å². The van der Waals surface area contributed by atoms with Crippen LogP contribution in [0.5, 0.6) is 11.5 Å². The molecule has 75 heavy (non-hydrogen) atoms. The number of nitrogen functional groups attached to an aromatic ring is 1. The minimum Gasteiger partial charge on any atom is -0.478 e. The summed E-state index contributed by atoms with van der Waals surface area (Å²) in [7, 11) is 19.9. The lowest BCUT2D eigenvalue weighted by molar-refractivity contribution is -0.0505. The Morgan fingerprint density at radius 3 is 1.33 bits per heavy atom. The Morgan fingerprint density at radius 1 is 0.547 bits per heavy atom. The standard InChI is InChI=1S/C24H18F3N5O2.C18H16F2N4O.C6H4FNO2.B6/c1-14-2-6-18(10-20(14)32-22(33)16-5-9-21(25)28-11-16)31-24-29-12-17(13-30-24)15-3-7-19(8-4-15)34-23(26)27;1-11-2-5-14(8-16(11)21)24-18-22-9-13(10-23-18)12-3-6-15(7-4-12)25-17(19)20;7-5-2-1-4(3-8-5)6(9)10;1-5(2)6(3)4/h2-13,23H,1H3,(H,32,33)(H,29,30,31);2-10,17H,21H2,1H3,(H,22,23,24);1-3H,(H,9,10);. The monoisotopic (exact) mass is 1010 g/mol. The van der Waals surface area contributed by atoms with Gasteiger partial charge in [-0.15, -0.1) is 0 Å². The summed E-state index contributed by atoms with van der Waals surface area (Å²) in [6.45, 7) is -1.95. The van der Waals surface area contributed by atoms with E-state index in [9.17, 15) is 35.9 Å². The topological polar surface area (TPSA) is 212 Å². The summed E-state index contributed by atoms with van der Waals surface area (Å²) in [5.74, 6) is -1.93. The van der Waals surface area contributed by atoms with Crippen molar-refractivity contribution in [2.75, 3.05) is 21.7 Å². The molecule has 0 saturated carbocycles. The molecular formula is C48H38B6F6N10O5. The number of aromatic nitrogens is 6. The zero-order valence-corrected chi connectivity index (χ0v) is 39.6. The lowest BCUT2D eigenvalue weighted by Crippen LogP contribution is -2.38. The highest BCUT2D eigenvalue weighted by atomic mass is 19.3. The van der Waals surface area contributed by atoms with Crippen LogP contribution in [0, 0.1) is 25.7 Å². The number of nitrogens with zero attached hydrogens (tertiary/aromatic N) is 6. The van der Waals surface area contributed by atoms with E-state index in [1.165, 1.54) is 30.3 Å². The van der Waals surface area contributed by atoms with Crippen LogP contribution in [0.3, 0.4) is 0 Å². The molecule has 8 radical (unpaired) electrons. The first kappa shape index (κ1) is 57.2. The van der Waals surface area contributed by atoms with Crippen LogP contribution in [-0.4, -0.2) is 104 Å². The van der Waals surface area contributed by atoms with Crippen LogP contribution in [0.1, 0.15) is 31.8 Å². The summed E-state index contributed by atoms with van der Waals surface area (Å²) in [5.41, 5.74) is 13.6. The van der Waals surface area contributed by atoms with Crippen LogP contribution in [-0.2, 0) is 0 Å². The van der Waals surface area contributed by atoms with E-state index in [1.807, 2.05) is 44.2 Å². The predicted molar refractivity (Wildman–Crippen MR) is 279 cm³/mol. The van der Waals surface area contributed by atoms with E-state index in [0.717, 1.165) is 64.1 Å². The molecule has 1 amide bonds. The third kappa shape index (κ3) is 19.0. The number of carbonyl (C=O) groups is 2. The van der Waals surface area contributed by atoms with Gasteiger partial charge in [0, 0.05) is 115 Å². The number of nitrogens with one attached hydrogen (secondary N) is 3. The first-order chi connectivity index (χ1) is 35.7. The van der Waals surface area contributed by atoms with Gasteiger partial charge in [0.25, 0.3) is 5.91 Å². The molecular weight excluding hydrogens is 975 g/mol. The number of nitrogens with two attached hydrogens (primary N) is 1. The lowest BCUT2D eigenvalue weighted by Gasteiger charge is -2.12. The summed E-state index contributed by atoms with van der Waals surface area (Å²) < 4.78 is 82.6. The normalized spacial score (nSPS) is 10.3. The number of anilines is 6. The van der Waals surface area contributed by atoms with Crippen molar-refractivity contribution in [1.29, 1.82) is 0 Å². The van der Waals surface area contributed by atoms with E-state index in [0.29, 0.717) is 34.5 Å². The molecule has 370 valence electrons. The van der Waals surface area contributed by atoms with E-state index >= 15 is 0 Å². The van der Waals surface area contributed by atoms with E-state index < -0.39 is 49.8 Å². The Morgan fingerprint density at radius 2 is 0.960 bits per heavy atom. The quantitative estimate of drug-likeness (QED) is 0.0299. The fourth-order valence-electron chi connectivity index (χ4n) is 5.76. The molecule has 0 aliphatic carbocycles. The average molecular weight is 1010 g/mol. The van der Waals surface area contributed by atoms with E-state index in [-0.39, 0.29) is 22.6 Å². The number of carbonyl (C=O) groups excluding carboxylic acids is 1. The van der Waals surface area contributed by atoms with Crippen LogP contribution in [0.4, 0.5) is 61.0 Å². The molecule has 0 saturated heterocycles. The highest BCUT2D eigenvalue weighted by Crippen LogP contribution is 2.27. The fourth-order valence-corrected chi connectivity index (χ4v) is 5.76. The van der Waals surface area contributed by atoms with Crippen molar-refractivity contribution in [2.24, 2.45) is 0 Å². The first-order valence-electron chi connectivity index (χ1n) is 21.8. The molecule has 4 aromatic carbocycles. The molecule has 4 heterocycles. The van der Waals surface area contributed by atoms with Gasteiger partial charge >= 0.3 is 19.2 Å². The van der Waals surface area contributed by atoms with Gasteiger partial charge < -0.3 is 36.3 Å². The van der Waals surface area contributed by atoms with Crippen LogP contribution in [0.2, 0.25) is 0 Å². The second-order valence-corrected chi connectivity index (χ2v) is 15.4. The molecule has 27 heteroatoms. The number of carboxylic acid groups (broad SMARTS) is 1. The number of rotatable bonds is 14. The van der Waals surface area contributed by atoms with Gasteiger partial charge in [0.1, 0.15) is 11.5 Å². The van der Waals surface area contributed by atoms with Crippen molar-refractivity contribution in [3.05, 3.63) is 181 Å². The maximum atomic E-state index is 13.0. The molecule has 0 aliphatic heterocycles. The van der Waals surface area contributed by atoms with Gasteiger partial charge in [0.05, 0.1) is 11.1 Å². The van der Waals surface area contributed by atoms with Crippen LogP contribution >= 0.6 is 0 Å². The molecule has 0 bridgehead atoms. The van der Waals surface area contributed by atoms with E-state index in [4.69, 9.17) is 41.8 Å². The molecule has 15 nitrogen and oxygen atoms in total. The lowest BCUT2D eigenvalue weighted by atomic mass is 8.81. The number of hydrogen-bond donors (Lipinski definition) is 5. The molecule has 0 atom stereocenters. The predicted octanol–water partition coefficient (Wildman–Crippen LogP) is 8.60. The number of amides is 1. The number of ether oxygens (including phenoxy) is 2. The minimum atomic E-state index is -2.88. The van der Waals surface area contributed by atoms with Crippen molar-refractivity contribution in [3.8, 4) is 33.8 Å². The van der Waals surface area contributed by atoms with Crippen molar-refractivity contribution in [2.45, 2.75) is 27.1 Å². The number of benzene rings is 4. The van der Waals surface area contributed by atoms with Crippen LogP contribution in [0.25, 0.3) is 22.3 Å². The molecule has 0 spiro atoms. The number of hydrogen-bond acceptors (Lipinski definition) is 13. The Kier molecular flexibility index (Phi) is 21.3. The largest absolute Gasteiger partial charge is 0.478 e. The summed E-state index contributed by atoms with van der Waals surface area (Å²) in [4.78, 5) is 46.3. The molecule has 6 N–H and O–H groups in total. The maximum Gasteiger partial charge on any atom is 0.387 e. The molecule has 8 aromatic rings. The van der Waals surface area contributed by atoms with Crippen molar-refractivity contribution >= 4 is 90.2 Å². The number of halogens is 6. The summed E-state index contributed by atoms with van der Waals surface area (Å²) >= 11 is 0. The van der Waals surface area contributed by atoms with Gasteiger partial charge in [-0.1, -0.05) is 36.4 Å².